The second-order valence-corrected chi connectivity index (χ2v) is 29.6. The molecule has 3 heteroatoms. The monoisotopic (exact) mass is 1220 g/mol. The Morgan fingerprint density at radius 3 is 1.02 bits per heavy atom. The summed E-state index contributed by atoms with van der Waals surface area (Å²) in [6, 6.07) is 111. The van der Waals surface area contributed by atoms with Crippen LogP contribution in [-0.4, -0.2) is 6.71 Å². The van der Waals surface area contributed by atoms with Crippen molar-refractivity contribution < 1.29 is 0 Å². The third-order valence-corrected chi connectivity index (χ3v) is 20.6. The van der Waals surface area contributed by atoms with Gasteiger partial charge in [0.2, 0.25) is 0 Å². The first-order valence-corrected chi connectivity index (χ1v) is 33.8. The predicted molar refractivity (Wildman–Crippen MR) is 410 cm³/mol. The van der Waals surface area contributed by atoms with Gasteiger partial charge >= 0.3 is 0 Å². The maximum absolute atomic E-state index is 2.73. The number of hydrogen-bond acceptors (Lipinski definition) is 2. The zero-order valence-electron chi connectivity index (χ0n) is 55.7. The summed E-state index contributed by atoms with van der Waals surface area (Å²) in [7, 11) is 0. The lowest BCUT2D eigenvalue weighted by Crippen LogP contribution is -2.61. The summed E-state index contributed by atoms with van der Waals surface area (Å²) in [6.07, 6.45) is 0. The SMILES string of the molecule is CC(C)(C)c1cc(-c2ccccc2)c(N2c3ccc(-c4ccccc4)cc3B3c4cc(-c5ccc6cccc7c8cccc9cccc(c5c67)c98)ccc4N(c4c(-c5ccccc5)cc(C(C)(C)C)cc4-c4ccccc4)c4cc(C(C)(C)C)cc2c43)c(-c2ccccc2)c1. The van der Waals surface area contributed by atoms with Gasteiger partial charge in [0.25, 0.3) is 6.71 Å². The van der Waals surface area contributed by atoms with Crippen molar-refractivity contribution in [3.05, 3.63) is 308 Å². The van der Waals surface area contributed by atoms with Crippen molar-refractivity contribution in [3.8, 4) is 66.8 Å². The summed E-state index contributed by atoms with van der Waals surface area (Å²) in [5, 5.41) is 10.3. The van der Waals surface area contributed by atoms with Crippen molar-refractivity contribution in [1.29, 1.82) is 0 Å². The summed E-state index contributed by atoms with van der Waals surface area (Å²) >= 11 is 0. The van der Waals surface area contributed by atoms with Gasteiger partial charge < -0.3 is 9.80 Å². The summed E-state index contributed by atoms with van der Waals surface area (Å²) in [5.74, 6) is 0. The standard InChI is InChI=1S/C92H75BN2/c1-90(2,3)67-52-74(59-30-17-11-18-31-59)88(75(53-67)60-32-19-12-20-33-60)94-80-48-45-65(58-28-15-10-16-29-58)50-78(80)93-79-51-66(70-47-44-64-40-26-42-72-71-41-25-38-63-39-27-43-73(84(63)71)86(70)85(64)72)46-49-81(79)95(83-57-69(92(7,8)9)56-82(94)87(83)93)89-76(61-34-21-13-22-35-61)54-68(91(4,5)6)55-77(89)62-36-23-14-24-37-62/h10-57H,1-9H3. The minimum Gasteiger partial charge on any atom is -0.310 e. The van der Waals surface area contributed by atoms with E-state index < -0.39 is 0 Å². The van der Waals surface area contributed by atoms with Crippen molar-refractivity contribution in [2.45, 2.75) is 78.6 Å². The highest BCUT2D eigenvalue weighted by atomic mass is 15.2. The second kappa shape index (κ2) is 21.9. The van der Waals surface area contributed by atoms with E-state index >= 15 is 0 Å². The van der Waals surface area contributed by atoms with Crippen molar-refractivity contribution in [3.63, 3.8) is 0 Å². The molecule has 15 aromatic carbocycles. The number of fused-ring (bicyclic) bond motifs is 6. The molecule has 0 fully saturated rings. The zero-order chi connectivity index (χ0) is 64.6. The molecule has 456 valence electrons. The molecule has 2 heterocycles. The fourth-order valence-electron chi connectivity index (χ4n) is 15.8. The molecule has 0 aliphatic carbocycles. The number of benzene rings is 15. The molecule has 0 bridgehead atoms. The van der Waals surface area contributed by atoms with Crippen LogP contribution in [0.3, 0.4) is 0 Å². The highest BCUT2D eigenvalue weighted by Gasteiger charge is 2.46. The van der Waals surface area contributed by atoms with Gasteiger partial charge in [-0.15, -0.1) is 0 Å². The fourth-order valence-corrected chi connectivity index (χ4v) is 15.8. The van der Waals surface area contributed by atoms with Crippen LogP contribution in [0.1, 0.15) is 79.0 Å². The molecule has 2 nitrogen and oxygen atoms in total. The molecule has 17 rings (SSSR count). The third kappa shape index (κ3) is 9.53. The van der Waals surface area contributed by atoms with E-state index in [1.54, 1.807) is 0 Å². The molecule has 0 amide bonds. The van der Waals surface area contributed by atoms with Crippen LogP contribution in [0.2, 0.25) is 0 Å². The Hall–Kier alpha value is -10.7. The summed E-state index contributed by atoms with van der Waals surface area (Å²) in [6.45, 7) is 21.1. The molecule has 2 aliphatic rings. The van der Waals surface area contributed by atoms with Crippen LogP contribution in [0.4, 0.5) is 34.1 Å². The normalized spacial score (nSPS) is 13.0. The zero-order valence-corrected chi connectivity index (χ0v) is 55.7. The molecule has 15 aromatic rings. The van der Waals surface area contributed by atoms with E-state index in [0.29, 0.717) is 0 Å². The molecule has 0 unspecified atom stereocenters. The number of hydrogen-bond donors (Lipinski definition) is 0. The van der Waals surface area contributed by atoms with Gasteiger partial charge in [-0.3, -0.25) is 0 Å². The smallest absolute Gasteiger partial charge is 0.252 e. The minimum absolute atomic E-state index is 0.162. The largest absolute Gasteiger partial charge is 0.310 e. The van der Waals surface area contributed by atoms with E-state index in [2.05, 4.69) is 363 Å². The second-order valence-electron chi connectivity index (χ2n) is 29.6. The number of nitrogens with zero attached hydrogens (tertiary/aromatic N) is 2. The van der Waals surface area contributed by atoms with Crippen molar-refractivity contribution in [1.82, 2.24) is 0 Å². The van der Waals surface area contributed by atoms with E-state index in [1.165, 1.54) is 160 Å². The average Bonchev–Trinajstić information content (AvgIpc) is 0.693. The van der Waals surface area contributed by atoms with Crippen molar-refractivity contribution in [2.24, 2.45) is 0 Å². The Morgan fingerprint density at radius 2 is 0.600 bits per heavy atom. The molecule has 0 N–H and O–H groups in total. The van der Waals surface area contributed by atoms with E-state index in [0.717, 1.165) is 17.1 Å². The average molecular weight is 1220 g/mol. The molecule has 0 saturated heterocycles. The first kappa shape index (κ1) is 58.1. The summed E-state index contributed by atoms with van der Waals surface area (Å²) < 4.78 is 0. The Kier molecular flexibility index (Phi) is 13.4. The fraction of sp³-hybridized carbons (Fsp3) is 0.130. The number of rotatable bonds is 8. The molecule has 95 heavy (non-hydrogen) atoms. The minimum atomic E-state index is -0.279. The van der Waals surface area contributed by atoms with Gasteiger partial charge in [0.15, 0.2) is 0 Å². The first-order valence-electron chi connectivity index (χ1n) is 33.8. The van der Waals surface area contributed by atoms with Crippen LogP contribution in [-0.2, 0) is 16.2 Å². The van der Waals surface area contributed by atoms with E-state index in [1.807, 2.05) is 0 Å². The lowest BCUT2D eigenvalue weighted by Gasteiger charge is -2.47. The quantitative estimate of drug-likeness (QED) is 0.0850. The Morgan fingerprint density at radius 1 is 0.242 bits per heavy atom. The number of anilines is 6. The Balaban J connectivity index is 1.07. The molecule has 0 atom stereocenters. The van der Waals surface area contributed by atoms with Crippen molar-refractivity contribution >= 4 is 100 Å². The van der Waals surface area contributed by atoms with Crippen LogP contribution in [0.5, 0.6) is 0 Å². The Bertz CT molecular complexity index is 5370. The topological polar surface area (TPSA) is 6.48 Å². The Labute approximate surface area is 559 Å². The molecular formula is C92H75BN2. The highest BCUT2D eigenvalue weighted by molar-refractivity contribution is 7.00. The lowest BCUT2D eigenvalue weighted by atomic mass is 9.33. The molecule has 0 radical (unpaired) electrons. The summed E-state index contributed by atoms with van der Waals surface area (Å²) in [4.78, 5) is 5.44. The maximum atomic E-state index is 2.73. The van der Waals surface area contributed by atoms with Gasteiger partial charge in [-0.2, -0.15) is 0 Å². The van der Waals surface area contributed by atoms with Gasteiger partial charge in [-0.1, -0.05) is 305 Å². The lowest BCUT2D eigenvalue weighted by molar-refractivity contribution is 0.590. The van der Waals surface area contributed by atoms with Gasteiger partial charge in [-0.25, -0.2) is 0 Å². The summed E-state index contributed by atoms with van der Waals surface area (Å²) in [5.41, 5.74) is 28.3. The first-order chi connectivity index (χ1) is 46.0. The third-order valence-electron chi connectivity index (χ3n) is 20.6. The molecule has 0 spiro atoms. The van der Waals surface area contributed by atoms with Crippen LogP contribution >= 0.6 is 0 Å². The molecule has 0 aromatic heterocycles. The van der Waals surface area contributed by atoms with Crippen LogP contribution in [0.15, 0.2) is 291 Å². The van der Waals surface area contributed by atoms with Gasteiger partial charge in [-0.05, 0) is 185 Å². The van der Waals surface area contributed by atoms with Crippen LogP contribution < -0.4 is 26.2 Å². The van der Waals surface area contributed by atoms with E-state index in [-0.39, 0.29) is 23.0 Å². The van der Waals surface area contributed by atoms with E-state index in [9.17, 15) is 0 Å². The van der Waals surface area contributed by atoms with Crippen molar-refractivity contribution in [2.75, 3.05) is 9.80 Å². The van der Waals surface area contributed by atoms with Crippen LogP contribution in [0.25, 0.3) is 110 Å². The molecule has 2 aliphatic heterocycles. The van der Waals surface area contributed by atoms with Gasteiger partial charge in [0.1, 0.15) is 0 Å². The van der Waals surface area contributed by atoms with Gasteiger partial charge in [0.05, 0.1) is 11.4 Å². The van der Waals surface area contributed by atoms with E-state index in [4.69, 9.17) is 0 Å². The van der Waals surface area contributed by atoms with Gasteiger partial charge in [0, 0.05) is 45.0 Å². The molecular weight excluding hydrogens is 1140 g/mol. The highest BCUT2D eigenvalue weighted by Crippen LogP contribution is 2.56. The predicted octanol–water partition coefficient (Wildman–Crippen LogP) is 23.7. The molecule has 0 saturated carbocycles. The van der Waals surface area contributed by atoms with Crippen LogP contribution in [0, 0.1) is 0 Å². The maximum Gasteiger partial charge on any atom is 0.252 e.